The molecule has 0 aliphatic rings. The number of aliphatic hydroxyl groups excluding tert-OH is 1. The van der Waals surface area contributed by atoms with Gasteiger partial charge in [-0.1, -0.05) is 23.5 Å². The third kappa shape index (κ3) is 2.88. The fourth-order valence-corrected chi connectivity index (χ4v) is 3.70. The van der Waals surface area contributed by atoms with Gasteiger partial charge in [0.25, 0.3) is 0 Å². The molecule has 1 atom stereocenters. The summed E-state index contributed by atoms with van der Waals surface area (Å²) in [4.78, 5) is 7.46. The molecule has 2 aromatic heterocycles. The van der Waals surface area contributed by atoms with Crippen LogP contribution in [-0.2, 0) is 0 Å². The van der Waals surface area contributed by atoms with Gasteiger partial charge in [-0.3, -0.25) is 4.90 Å². The predicted octanol–water partition coefficient (Wildman–Crippen LogP) is 1.52. The second-order valence-corrected chi connectivity index (χ2v) is 6.14. The Morgan fingerprint density at radius 2 is 2.26 bits per heavy atom. The number of rotatable bonds is 6. The number of thiazole rings is 1. The van der Waals surface area contributed by atoms with Crippen LogP contribution in [0.1, 0.15) is 16.5 Å². The van der Waals surface area contributed by atoms with Gasteiger partial charge in [0.1, 0.15) is 12.1 Å². The highest BCUT2D eigenvalue weighted by Gasteiger charge is 2.27. The molecule has 1 unspecified atom stereocenters. The number of fused-ring (bicyclic) bond motifs is 1. The van der Waals surface area contributed by atoms with E-state index in [2.05, 4.69) is 10.1 Å². The standard InChI is InChI=1S/C15H18N4O3S/c1-18(6-7-20)12(10-4-3-5-11(8-10)22-2)13-14(21)19-15(23-13)16-9-17-19/h3-5,8-9,12,20-21H,6-7H2,1-2H3. The molecule has 7 nitrogen and oxygen atoms in total. The average Bonchev–Trinajstić information content (AvgIpc) is 3.12. The maximum atomic E-state index is 10.5. The summed E-state index contributed by atoms with van der Waals surface area (Å²) >= 11 is 1.38. The summed E-state index contributed by atoms with van der Waals surface area (Å²) in [6, 6.07) is 7.44. The van der Waals surface area contributed by atoms with Gasteiger partial charge in [0.15, 0.2) is 0 Å². The van der Waals surface area contributed by atoms with Crippen LogP contribution in [0.3, 0.4) is 0 Å². The number of ether oxygens (including phenoxy) is 1. The zero-order valence-electron chi connectivity index (χ0n) is 12.9. The lowest BCUT2D eigenvalue weighted by Gasteiger charge is -2.27. The molecule has 0 aliphatic carbocycles. The Kier molecular flexibility index (Phi) is 4.46. The number of hydrogen-bond donors (Lipinski definition) is 2. The molecular weight excluding hydrogens is 316 g/mol. The van der Waals surface area contributed by atoms with Crippen LogP contribution in [0.4, 0.5) is 0 Å². The van der Waals surface area contributed by atoms with E-state index < -0.39 is 0 Å². The number of benzene rings is 1. The second-order valence-electron chi connectivity index (χ2n) is 5.13. The highest BCUT2D eigenvalue weighted by molar-refractivity contribution is 7.17. The molecule has 3 aromatic rings. The van der Waals surface area contributed by atoms with Gasteiger partial charge in [0.05, 0.1) is 24.6 Å². The summed E-state index contributed by atoms with van der Waals surface area (Å²) in [6.07, 6.45) is 1.41. The van der Waals surface area contributed by atoms with Crippen molar-refractivity contribution in [3.63, 3.8) is 0 Å². The van der Waals surface area contributed by atoms with Gasteiger partial charge in [-0.05, 0) is 24.7 Å². The van der Waals surface area contributed by atoms with E-state index in [1.165, 1.54) is 22.2 Å². The first-order chi connectivity index (χ1) is 11.2. The van der Waals surface area contributed by atoms with Crippen LogP contribution in [0.2, 0.25) is 0 Å². The van der Waals surface area contributed by atoms with E-state index in [4.69, 9.17) is 4.74 Å². The van der Waals surface area contributed by atoms with Crippen LogP contribution >= 0.6 is 11.3 Å². The smallest absolute Gasteiger partial charge is 0.230 e. The van der Waals surface area contributed by atoms with E-state index in [0.29, 0.717) is 11.5 Å². The largest absolute Gasteiger partial charge is 0.497 e. The van der Waals surface area contributed by atoms with E-state index in [-0.39, 0.29) is 18.5 Å². The minimum absolute atomic E-state index is 0.0263. The van der Waals surface area contributed by atoms with Crippen LogP contribution in [0.15, 0.2) is 30.6 Å². The Balaban J connectivity index is 2.11. The van der Waals surface area contributed by atoms with Crippen LogP contribution in [0.5, 0.6) is 11.6 Å². The normalized spacial score (nSPS) is 12.9. The van der Waals surface area contributed by atoms with E-state index in [1.54, 1.807) is 7.11 Å². The van der Waals surface area contributed by atoms with E-state index >= 15 is 0 Å². The predicted molar refractivity (Wildman–Crippen MR) is 87.1 cm³/mol. The fourth-order valence-electron chi connectivity index (χ4n) is 2.58. The number of likely N-dealkylation sites (N-methyl/N-ethyl adjacent to an activating group) is 1. The lowest BCUT2D eigenvalue weighted by Crippen LogP contribution is -2.28. The molecule has 8 heteroatoms. The highest BCUT2D eigenvalue weighted by Crippen LogP contribution is 2.39. The summed E-state index contributed by atoms with van der Waals surface area (Å²) in [5.74, 6) is 0.809. The summed E-state index contributed by atoms with van der Waals surface area (Å²) < 4.78 is 6.71. The highest BCUT2D eigenvalue weighted by atomic mass is 32.1. The van der Waals surface area contributed by atoms with Gasteiger partial charge in [0.2, 0.25) is 10.8 Å². The number of nitrogens with zero attached hydrogens (tertiary/aromatic N) is 4. The molecule has 2 N–H and O–H groups in total. The van der Waals surface area contributed by atoms with Crippen molar-refractivity contribution in [2.45, 2.75) is 6.04 Å². The number of hydrogen-bond acceptors (Lipinski definition) is 7. The number of aromatic hydroxyl groups is 1. The Morgan fingerprint density at radius 1 is 1.43 bits per heavy atom. The molecular formula is C15H18N4O3S. The molecule has 2 heterocycles. The number of aromatic nitrogens is 3. The van der Waals surface area contributed by atoms with Gasteiger partial charge in [-0.15, -0.1) is 0 Å². The number of methoxy groups -OCH3 is 1. The third-order valence-electron chi connectivity index (χ3n) is 3.69. The fraction of sp³-hybridized carbons (Fsp3) is 0.333. The van der Waals surface area contributed by atoms with Gasteiger partial charge in [-0.2, -0.15) is 9.61 Å². The maximum absolute atomic E-state index is 10.5. The molecule has 0 bridgehead atoms. The second kappa shape index (κ2) is 6.53. The Labute approximate surface area is 137 Å². The van der Waals surface area contributed by atoms with Crippen LogP contribution < -0.4 is 4.74 Å². The van der Waals surface area contributed by atoms with Crippen LogP contribution in [0, 0.1) is 0 Å². The molecule has 0 spiro atoms. The van der Waals surface area contributed by atoms with Gasteiger partial charge in [-0.25, -0.2) is 4.98 Å². The van der Waals surface area contributed by atoms with Crippen molar-refractivity contribution >= 4 is 16.3 Å². The SMILES string of the molecule is COc1cccc(C(c2sc3ncnn3c2O)N(C)CCO)c1. The first-order valence-corrected chi connectivity index (χ1v) is 7.93. The third-order valence-corrected chi connectivity index (χ3v) is 4.78. The topological polar surface area (TPSA) is 83.1 Å². The molecule has 0 saturated heterocycles. The maximum Gasteiger partial charge on any atom is 0.230 e. The molecule has 23 heavy (non-hydrogen) atoms. The Hall–Kier alpha value is -2.16. The molecule has 3 rings (SSSR count). The summed E-state index contributed by atoms with van der Waals surface area (Å²) in [5, 5.41) is 23.8. The Bertz CT molecular complexity index is 801. The van der Waals surface area contributed by atoms with Crippen LogP contribution in [0.25, 0.3) is 4.96 Å². The first-order valence-electron chi connectivity index (χ1n) is 7.12. The van der Waals surface area contributed by atoms with Crippen molar-refractivity contribution in [3.8, 4) is 11.6 Å². The van der Waals surface area contributed by atoms with Crippen molar-refractivity contribution < 1.29 is 14.9 Å². The monoisotopic (exact) mass is 334 g/mol. The summed E-state index contributed by atoms with van der Waals surface area (Å²) in [7, 11) is 3.52. The van der Waals surface area contributed by atoms with Crippen LogP contribution in [-0.4, -0.2) is 57.0 Å². The van der Waals surface area contributed by atoms with E-state index in [1.807, 2.05) is 36.2 Å². The minimum atomic E-state index is -0.231. The number of aliphatic hydroxyl groups is 1. The molecule has 1 aromatic carbocycles. The lowest BCUT2D eigenvalue weighted by atomic mass is 10.0. The molecule has 0 radical (unpaired) electrons. The minimum Gasteiger partial charge on any atom is -0.497 e. The summed E-state index contributed by atoms with van der Waals surface area (Å²) in [6.45, 7) is 0.494. The van der Waals surface area contributed by atoms with Gasteiger partial charge >= 0.3 is 0 Å². The average molecular weight is 334 g/mol. The molecule has 0 fully saturated rings. The van der Waals surface area contributed by atoms with Crippen molar-refractivity contribution in [2.75, 3.05) is 27.3 Å². The molecule has 0 saturated carbocycles. The lowest BCUT2D eigenvalue weighted by molar-refractivity contribution is 0.196. The quantitative estimate of drug-likeness (QED) is 0.711. The van der Waals surface area contributed by atoms with E-state index in [0.717, 1.165) is 16.2 Å². The van der Waals surface area contributed by atoms with Crippen molar-refractivity contribution in [3.05, 3.63) is 41.0 Å². The Morgan fingerprint density at radius 3 is 2.96 bits per heavy atom. The molecule has 0 aliphatic heterocycles. The van der Waals surface area contributed by atoms with Crippen molar-refractivity contribution in [2.24, 2.45) is 0 Å². The van der Waals surface area contributed by atoms with Crippen molar-refractivity contribution in [1.82, 2.24) is 19.5 Å². The summed E-state index contributed by atoms with van der Waals surface area (Å²) in [5.41, 5.74) is 0.958. The van der Waals surface area contributed by atoms with Crippen molar-refractivity contribution in [1.29, 1.82) is 0 Å². The molecule has 0 amide bonds. The zero-order valence-corrected chi connectivity index (χ0v) is 13.7. The molecule has 122 valence electrons. The zero-order chi connectivity index (χ0) is 16.4. The van der Waals surface area contributed by atoms with Gasteiger partial charge < -0.3 is 14.9 Å². The van der Waals surface area contributed by atoms with E-state index in [9.17, 15) is 10.2 Å². The first kappa shape index (κ1) is 15.7. The van der Waals surface area contributed by atoms with Gasteiger partial charge in [0, 0.05) is 6.54 Å².